The summed E-state index contributed by atoms with van der Waals surface area (Å²) < 4.78 is 17.7. The second-order valence-corrected chi connectivity index (χ2v) is 5.82. The number of hydrogen-bond acceptors (Lipinski definition) is 3. The Labute approximate surface area is 143 Å². The van der Waals surface area contributed by atoms with E-state index in [4.69, 9.17) is 14.2 Å². The Hall–Kier alpha value is -1.94. The van der Waals surface area contributed by atoms with E-state index in [-0.39, 0.29) is 18.3 Å². The molecule has 0 N–H and O–H groups in total. The standard InChI is InChI=1S/C21H24O3/c1-2-23-21-20(18-11-7-4-8-12-18)14-13-19(24-21)16-22-15-17-9-5-3-6-10-17/h3-14,19-21H,2,15-16H2,1H3/t19-,20+,21-/m0/s1. The maximum absolute atomic E-state index is 6.10. The Morgan fingerprint density at radius 3 is 2.33 bits per heavy atom. The van der Waals surface area contributed by atoms with Crippen LogP contribution in [-0.2, 0) is 20.8 Å². The molecule has 1 heterocycles. The summed E-state index contributed by atoms with van der Waals surface area (Å²) in [6, 6.07) is 20.5. The minimum Gasteiger partial charge on any atom is -0.374 e. The smallest absolute Gasteiger partial charge is 0.168 e. The van der Waals surface area contributed by atoms with E-state index in [0.717, 1.165) is 0 Å². The van der Waals surface area contributed by atoms with Crippen LogP contribution in [0.25, 0.3) is 0 Å². The number of rotatable bonds is 7. The molecule has 2 aromatic carbocycles. The molecule has 0 bridgehead atoms. The number of benzene rings is 2. The van der Waals surface area contributed by atoms with Gasteiger partial charge in [-0.2, -0.15) is 0 Å². The third-order valence-electron chi connectivity index (χ3n) is 4.04. The molecule has 0 aliphatic carbocycles. The van der Waals surface area contributed by atoms with Crippen LogP contribution < -0.4 is 0 Å². The zero-order chi connectivity index (χ0) is 16.6. The van der Waals surface area contributed by atoms with Crippen molar-refractivity contribution in [1.29, 1.82) is 0 Å². The highest BCUT2D eigenvalue weighted by molar-refractivity contribution is 5.26. The summed E-state index contributed by atoms with van der Waals surface area (Å²) in [4.78, 5) is 0. The number of hydrogen-bond donors (Lipinski definition) is 0. The van der Waals surface area contributed by atoms with Crippen LogP contribution in [0, 0.1) is 0 Å². The van der Waals surface area contributed by atoms with Crippen molar-refractivity contribution < 1.29 is 14.2 Å². The van der Waals surface area contributed by atoms with E-state index in [0.29, 0.717) is 19.8 Å². The summed E-state index contributed by atoms with van der Waals surface area (Å²) in [5, 5.41) is 0. The van der Waals surface area contributed by atoms with Gasteiger partial charge in [-0.3, -0.25) is 0 Å². The molecule has 2 aromatic rings. The molecule has 3 heteroatoms. The molecule has 3 atom stereocenters. The Kier molecular flexibility index (Phi) is 6.19. The molecule has 24 heavy (non-hydrogen) atoms. The second-order valence-electron chi connectivity index (χ2n) is 5.82. The molecule has 1 aliphatic rings. The molecular formula is C21H24O3. The van der Waals surface area contributed by atoms with Crippen molar-refractivity contribution in [3.8, 4) is 0 Å². The maximum atomic E-state index is 6.10. The van der Waals surface area contributed by atoms with Gasteiger partial charge in [-0.15, -0.1) is 0 Å². The minimum atomic E-state index is -0.271. The monoisotopic (exact) mass is 324 g/mol. The van der Waals surface area contributed by atoms with E-state index in [1.54, 1.807) is 0 Å². The van der Waals surface area contributed by atoms with E-state index < -0.39 is 0 Å². The quantitative estimate of drug-likeness (QED) is 0.711. The molecule has 0 saturated heterocycles. The number of ether oxygens (including phenoxy) is 3. The molecule has 0 radical (unpaired) electrons. The Bertz CT molecular complexity index is 624. The van der Waals surface area contributed by atoms with Crippen LogP contribution in [0.2, 0.25) is 0 Å². The zero-order valence-corrected chi connectivity index (χ0v) is 14.0. The van der Waals surface area contributed by atoms with Crippen molar-refractivity contribution >= 4 is 0 Å². The van der Waals surface area contributed by atoms with E-state index in [2.05, 4.69) is 36.4 Å². The first-order valence-corrected chi connectivity index (χ1v) is 8.49. The molecule has 0 spiro atoms. The van der Waals surface area contributed by atoms with Gasteiger partial charge < -0.3 is 14.2 Å². The predicted molar refractivity (Wildman–Crippen MR) is 94.7 cm³/mol. The lowest BCUT2D eigenvalue weighted by Gasteiger charge is -2.32. The lowest BCUT2D eigenvalue weighted by atomic mass is 9.95. The zero-order valence-electron chi connectivity index (χ0n) is 14.0. The first-order chi connectivity index (χ1) is 11.9. The van der Waals surface area contributed by atoms with Gasteiger partial charge in [0.05, 0.1) is 19.1 Å². The van der Waals surface area contributed by atoms with Gasteiger partial charge in [0, 0.05) is 6.61 Å². The van der Waals surface area contributed by atoms with Crippen LogP contribution in [0.15, 0.2) is 72.8 Å². The van der Waals surface area contributed by atoms with Crippen molar-refractivity contribution in [1.82, 2.24) is 0 Å². The van der Waals surface area contributed by atoms with Crippen LogP contribution in [0.5, 0.6) is 0 Å². The third kappa shape index (κ3) is 4.54. The maximum Gasteiger partial charge on any atom is 0.168 e. The molecule has 0 amide bonds. The molecule has 0 unspecified atom stereocenters. The Morgan fingerprint density at radius 1 is 0.917 bits per heavy atom. The van der Waals surface area contributed by atoms with E-state index >= 15 is 0 Å². The van der Waals surface area contributed by atoms with Crippen LogP contribution in [-0.4, -0.2) is 25.6 Å². The summed E-state index contributed by atoms with van der Waals surface area (Å²) in [7, 11) is 0. The van der Waals surface area contributed by atoms with Gasteiger partial charge in [0.2, 0.25) is 0 Å². The summed E-state index contributed by atoms with van der Waals surface area (Å²) >= 11 is 0. The second kappa shape index (κ2) is 8.78. The van der Waals surface area contributed by atoms with Gasteiger partial charge in [0.25, 0.3) is 0 Å². The van der Waals surface area contributed by atoms with Crippen LogP contribution in [0.4, 0.5) is 0 Å². The Balaban J connectivity index is 1.58. The van der Waals surface area contributed by atoms with Gasteiger partial charge in [-0.1, -0.05) is 72.8 Å². The van der Waals surface area contributed by atoms with Crippen molar-refractivity contribution in [3.63, 3.8) is 0 Å². The van der Waals surface area contributed by atoms with Crippen molar-refractivity contribution in [2.24, 2.45) is 0 Å². The lowest BCUT2D eigenvalue weighted by Crippen LogP contribution is -2.34. The highest BCUT2D eigenvalue weighted by Gasteiger charge is 2.28. The molecule has 126 valence electrons. The normalized spacial score (nSPS) is 23.3. The summed E-state index contributed by atoms with van der Waals surface area (Å²) in [5.41, 5.74) is 2.37. The third-order valence-corrected chi connectivity index (χ3v) is 4.04. The van der Waals surface area contributed by atoms with Gasteiger partial charge in [0.15, 0.2) is 6.29 Å². The summed E-state index contributed by atoms with van der Waals surface area (Å²) in [6.45, 7) is 3.73. The summed E-state index contributed by atoms with van der Waals surface area (Å²) in [5.74, 6) is 0.122. The average molecular weight is 324 g/mol. The van der Waals surface area contributed by atoms with Gasteiger partial charge in [-0.05, 0) is 18.1 Å². The van der Waals surface area contributed by atoms with Crippen molar-refractivity contribution in [2.45, 2.75) is 31.8 Å². The fourth-order valence-electron chi connectivity index (χ4n) is 2.85. The minimum absolute atomic E-state index is 0.0785. The fraction of sp³-hybridized carbons (Fsp3) is 0.333. The average Bonchev–Trinajstić information content (AvgIpc) is 2.64. The molecule has 1 aliphatic heterocycles. The van der Waals surface area contributed by atoms with Crippen LogP contribution in [0.3, 0.4) is 0 Å². The highest BCUT2D eigenvalue weighted by Crippen LogP contribution is 2.29. The topological polar surface area (TPSA) is 27.7 Å². The first kappa shape index (κ1) is 16.9. The molecule has 3 nitrogen and oxygen atoms in total. The predicted octanol–water partition coefficient (Wildman–Crippen LogP) is 4.30. The highest BCUT2D eigenvalue weighted by atomic mass is 16.7. The molecule has 0 fully saturated rings. The van der Waals surface area contributed by atoms with E-state index in [1.165, 1.54) is 11.1 Å². The molecule has 0 saturated carbocycles. The van der Waals surface area contributed by atoms with Crippen LogP contribution >= 0.6 is 0 Å². The molecular weight excluding hydrogens is 300 g/mol. The first-order valence-electron chi connectivity index (χ1n) is 8.49. The summed E-state index contributed by atoms with van der Waals surface area (Å²) in [6.07, 6.45) is 3.91. The lowest BCUT2D eigenvalue weighted by molar-refractivity contribution is -0.180. The fourth-order valence-corrected chi connectivity index (χ4v) is 2.85. The molecule has 3 rings (SSSR count). The Morgan fingerprint density at radius 2 is 1.62 bits per heavy atom. The van der Waals surface area contributed by atoms with Gasteiger partial charge in [0.1, 0.15) is 6.10 Å². The van der Waals surface area contributed by atoms with Crippen molar-refractivity contribution in [3.05, 3.63) is 83.9 Å². The van der Waals surface area contributed by atoms with Gasteiger partial charge >= 0.3 is 0 Å². The van der Waals surface area contributed by atoms with E-state index in [9.17, 15) is 0 Å². The SMILES string of the molecule is CCO[C@H]1O[C@H](COCc2ccccc2)C=C[C@@H]1c1ccccc1. The van der Waals surface area contributed by atoms with Gasteiger partial charge in [-0.25, -0.2) is 0 Å². The molecule has 0 aromatic heterocycles. The van der Waals surface area contributed by atoms with Crippen LogP contribution in [0.1, 0.15) is 24.0 Å². The van der Waals surface area contributed by atoms with E-state index in [1.807, 2.05) is 43.3 Å². The largest absolute Gasteiger partial charge is 0.374 e. The van der Waals surface area contributed by atoms with Crippen molar-refractivity contribution in [2.75, 3.05) is 13.2 Å².